The summed E-state index contributed by atoms with van der Waals surface area (Å²) in [6.07, 6.45) is 3.74. The first kappa shape index (κ1) is 15.2. The third kappa shape index (κ3) is 3.10. The van der Waals surface area contributed by atoms with Gasteiger partial charge in [0.25, 0.3) is 0 Å². The first-order valence-electron chi connectivity index (χ1n) is 6.99. The lowest BCUT2D eigenvalue weighted by Gasteiger charge is -2.36. The maximum atomic E-state index is 9.68. The number of thioether (sulfide) groups is 1. The van der Waals surface area contributed by atoms with Crippen LogP contribution in [0, 0.1) is 11.3 Å². The topological polar surface area (TPSA) is 73.3 Å². The molecule has 2 rings (SSSR count). The van der Waals surface area contributed by atoms with Crippen LogP contribution in [0.3, 0.4) is 0 Å². The zero-order valence-electron chi connectivity index (χ0n) is 12.1. The number of amidine groups is 1. The van der Waals surface area contributed by atoms with Crippen LogP contribution < -0.4 is 10.6 Å². The van der Waals surface area contributed by atoms with Crippen LogP contribution in [0.15, 0.2) is 23.1 Å². The van der Waals surface area contributed by atoms with Crippen molar-refractivity contribution in [1.82, 2.24) is 0 Å². The van der Waals surface area contributed by atoms with Crippen molar-refractivity contribution in [1.29, 1.82) is 5.41 Å². The summed E-state index contributed by atoms with van der Waals surface area (Å²) in [6, 6.07) is 6.07. The molecule has 1 heterocycles. The van der Waals surface area contributed by atoms with Gasteiger partial charge in [-0.15, -0.1) is 11.8 Å². The highest BCUT2D eigenvalue weighted by Crippen LogP contribution is 2.32. The summed E-state index contributed by atoms with van der Waals surface area (Å²) in [5.74, 6) is 0.512. The van der Waals surface area contributed by atoms with Crippen molar-refractivity contribution in [2.75, 3.05) is 24.2 Å². The van der Waals surface area contributed by atoms with Crippen molar-refractivity contribution >= 4 is 23.3 Å². The molecule has 1 aliphatic heterocycles. The van der Waals surface area contributed by atoms with Crippen molar-refractivity contribution in [3.8, 4) is 0 Å². The van der Waals surface area contributed by atoms with E-state index in [9.17, 15) is 5.11 Å². The molecule has 1 aromatic rings. The molecule has 0 saturated carbocycles. The Labute approximate surface area is 124 Å². The SMILES string of the molecule is CSc1cccc(N2CCC(C(C)O)CC2)c1C(=N)N. The number of benzene rings is 1. The molecule has 0 bridgehead atoms. The number of aliphatic hydroxyl groups excluding tert-OH is 1. The summed E-state index contributed by atoms with van der Waals surface area (Å²) in [4.78, 5) is 3.34. The number of rotatable bonds is 4. The number of hydrogen-bond acceptors (Lipinski definition) is 4. The van der Waals surface area contributed by atoms with E-state index in [0.717, 1.165) is 42.1 Å². The Kier molecular flexibility index (Phi) is 4.94. The molecule has 1 saturated heterocycles. The molecular formula is C15H23N3OS. The van der Waals surface area contributed by atoms with Gasteiger partial charge in [0.05, 0.1) is 11.7 Å². The summed E-state index contributed by atoms with van der Waals surface area (Å²) in [6.45, 7) is 3.69. The number of nitrogens with zero attached hydrogens (tertiary/aromatic N) is 1. The second-order valence-electron chi connectivity index (χ2n) is 5.33. The minimum Gasteiger partial charge on any atom is -0.393 e. The van der Waals surface area contributed by atoms with Crippen LogP contribution in [-0.4, -0.2) is 36.4 Å². The Bertz CT molecular complexity index is 482. The average molecular weight is 293 g/mol. The van der Waals surface area contributed by atoms with E-state index < -0.39 is 0 Å². The van der Waals surface area contributed by atoms with Gasteiger partial charge in [0.15, 0.2) is 0 Å². The number of anilines is 1. The monoisotopic (exact) mass is 293 g/mol. The smallest absolute Gasteiger partial charge is 0.126 e. The number of nitrogens with two attached hydrogens (primary N) is 1. The van der Waals surface area contributed by atoms with Crippen molar-refractivity contribution in [3.63, 3.8) is 0 Å². The standard InChI is InChI=1S/C15H23N3OS/c1-10(19)11-6-8-18(9-7-11)12-4-3-5-13(20-2)14(12)15(16)17/h3-5,10-11,19H,6-9H2,1-2H3,(H3,16,17). The number of aliphatic hydroxyl groups is 1. The molecule has 1 fully saturated rings. The zero-order chi connectivity index (χ0) is 14.7. The molecule has 0 spiro atoms. The van der Waals surface area contributed by atoms with E-state index in [1.54, 1.807) is 11.8 Å². The normalized spacial score (nSPS) is 18.1. The number of hydrogen-bond donors (Lipinski definition) is 3. The van der Waals surface area contributed by atoms with Crippen molar-refractivity contribution in [2.45, 2.75) is 30.8 Å². The molecule has 110 valence electrons. The van der Waals surface area contributed by atoms with Crippen molar-refractivity contribution < 1.29 is 5.11 Å². The average Bonchev–Trinajstić information content (AvgIpc) is 2.46. The highest BCUT2D eigenvalue weighted by atomic mass is 32.2. The summed E-state index contributed by atoms with van der Waals surface area (Å²) in [5.41, 5.74) is 7.67. The van der Waals surface area contributed by atoms with Crippen LogP contribution >= 0.6 is 11.8 Å². The van der Waals surface area contributed by atoms with E-state index in [-0.39, 0.29) is 11.9 Å². The van der Waals surface area contributed by atoms with Gasteiger partial charge in [-0.25, -0.2) is 0 Å². The van der Waals surface area contributed by atoms with E-state index >= 15 is 0 Å². The lowest BCUT2D eigenvalue weighted by atomic mass is 9.91. The van der Waals surface area contributed by atoms with Crippen molar-refractivity contribution in [3.05, 3.63) is 23.8 Å². The molecule has 0 aromatic heterocycles. The zero-order valence-corrected chi connectivity index (χ0v) is 12.9. The molecule has 4 nitrogen and oxygen atoms in total. The first-order valence-corrected chi connectivity index (χ1v) is 8.21. The highest BCUT2D eigenvalue weighted by molar-refractivity contribution is 7.98. The minimum atomic E-state index is -0.234. The van der Waals surface area contributed by atoms with Gasteiger partial charge >= 0.3 is 0 Å². The fraction of sp³-hybridized carbons (Fsp3) is 0.533. The third-order valence-electron chi connectivity index (χ3n) is 4.06. The van der Waals surface area contributed by atoms with Gasteiger partial charge < -0.3 is 15.7 Å². The van der Waals surface area contributed by atoms with Gasteiger partial charge in [0.2, 0.25) is 0 Å². The molecule has 5 heteroatoms. The van der Waals surface area contributed by atoms with E-state index in [1.807, 2.05) is 31.4 Å². The van der Waals surface area contributed by atoms with Crippen LogP contribution in [0.5, 0.6) is 0 Å². The van der Waals surface area contributed by atoms with Gasteiger partial charge in [-0.1, -0.05) is 6.07 Å². The molecule has 20 heavy (non-hydrogen) atoms. The Morgan fingerprint density at radius 2 is 2.10 bits per heavy atom. The molecule has 1 aliphatic rings. The van der Waals surface area contributed by atoms with E-state index in [2.05, 4.69) is 4.90 Å². The van der Waals surface area contributed by atoms with Gasteiger partial charge in [0.1, 0.15) is 5.84 Å². The Morgan fingerprint density at radius 1 is 1.45 bits per heavy atom. The maximum Gasteiger partial charge on any atom is 0.126 e. The molecule has 0 amide bonds. The second kappa shape index (κ2) is 6.50. The largest absolute Gasteiger partial charge is 0.393 e. The molecule has 1 aromatic carbocycles. The quantitative estimate of drug-likeness (QED) is 0.452. The summed E-state index contributed by atoms with van der Waals surface area (Å²) < 4.78 is 0. The number of piperidine rings is 1. The molecular weight excluding hydrogens is 270 g/mol. The summed E-state index contributed by atoms with van der Waals surface area (Å²) >= 11 is 1.62. The van der Waals surface area contributed by atoms with E-state index in [0.29, 0.717) is 5.92 Å². The maximum absolute atomic E-state index is 9.68. The molecule has 1 unspecified atom stereocenters. The van der Waals surface area contributed by atoms with Crippen LogP contribution in [0.25, 0.3) is 0 Å². The van der Waals surface area contributed by atoms with E-state index in [1.165, 1.54) is 0 Å². The van der Waals surface area contributed by atoms with Crippen LogP contribution in [0.1, 0.15) is 25.3 Å². The van der Waals surface area contributed by atoms with Crippen LogP contribution in [0.4, 0.5) is 5.69 Å². The Balaban J connectivity index is 2.24. The minimum absolute atomic E-state index is 0.127. The summed E-state index contributed by atoms with van der Waals surface area (Å²) in [7, 11) is 0. The predicted octanol–water partition coefficient (Wildman–Crippen LogP) is 2.29. The fourth-order valence-corrected chi connectivity index (χ4v) is 3.48. The number of nitrogens with one attached hydrogen (secondary N) is 1. The predicted molar refractivity (Wildman–Crippen MR) is 85.9 cm³/mol. The Hall–Kier alpha value is -1.20. The first-order chi connectivity index (χ1) is 9.54. The number of nitrogen functional groups attached to an aromatic ring is 1. The molecule has 1 atom stereocenters. The molecule has 0 radical (unpaired) electrons. The molecule has 4 N–H and O–H groups in total. The lowest BCUT2D eigenvalue weighted by molar-refractivity contribution is 0.110. The summed E-state index contributed by atoms with van der Waals surface area (Å²) in [5, 5.41) is 17.5. The van der Waals surface area contributed by atoms with Gasteiger partial charge in [-0.3, -0.25) is 5.41 Å². The lowest BCUT2D eigenvalue weighted by Crippen LogP contribution is -2.38. The fourth-order valence-electron chi connectivity index (χ4n) is 2.85. The van der Waals surface area contributed by atoms with Gasteiger partial charge in [-0.05, 0) is 44.1 Å². The highest BCUT2D eigenvalue weighted by Gasteiger charge is 2.25. The van der Waals surface area contributed by atoms with Crippen molar-refractivity contribution in [2.24, 2.45) is 11.7 Å². The van der Waals surface area contributed by atoms with Crippen LogP contribution in [-0.2, 0) is 0 Å². The molecule has 0 aliphatic carbocycles. The van der Waals surface area contributed by atoms with Gasteiger partial charge in [0, 0.05) is 23.7 Å². The van der Waals surface area contributed by atoms with Crippen LogP contribution in [0.2, 0.25) is 0 Å². The Morgan fingerprint density at radius 3 is 2.60 bits per heavy atom. The van der Waals surface area contributed by atoms with Gasteiger partial charge in [-0.2, -0.15) is 0 Å². The van der Waals surface area contributed by atoms with E-state index in [4.69, 9.17) is 11.1 Å². The second-order valence-corrected chi connectivity index (χ2v) is 6.18. The third-order valence-corrected chi connectivity index (χ3v) is 4.84.